The molecule has 0 aromatic carbocycles. The van der Waals surface area contributed by atoms with Crippen LogP contribution in [0.3, 0.4) is 0 Å². The van der Waals surface area contributed by atoms with Crippen LogP contribution in [0.4, 0.5) is 0 Å². The first kappa shape index (κ1) is 13.8. The molecule has 2 aromatic heterocycles. The minimum Gasteiger partial charge on any atom is -0.477 e. The average Bonchev–Trinajstić information content (AvgIpc) is 3.05. The van der Waals surface area contributed by atoms with Gasteiger partial charge in [0.15, 0.2) is 0 Å². The standard InChI is InChI=1S/C13H14N2O3S2/c1-7-9-11(19-5-8-3-2-4-18-8)14-6-15-12(9)20-10(7)13(16)17/h6,8H,2-5H2,1H3,(H,16,17). The summed E-state index contributed by atoms with van der Waals surface area (Å²) in [6.45, 7) is 2.66. The van der Waals surface area contributed by atoms with Crippen LogP contribution in [0.1, 0.15) is 28.1 Å². The van der Waals surface area contributed by atoms with E-state index in [0.29, 0.717) is 4.88 Å². The van der Waals surface area contributed by atoms with Gasteiger partial charge in [0.25, 0.3) is 0 Å². The van der Waals surface area contributed by atoms with Gasteiger partial charge in [0, 0.05) is 17.7 Å². The smallest absolute Gasteiger partial charge is 0.346 e. The molecule has 0 bridgehead atoms. The van der Waals surface area contributed by atoms with Gasteiger partial charge in [-0.25, -0.2) is 14.8 Å². The molecule has 3 heterocycles. The van der Waals surface area contributed by atoms with E-state index in [1.807, 2.05) is 6.92 Å². The second-order valence-electron chi connectivity index (χ2n) is 4.67. The zero-order chi connectivity index (χ0) is 14.1. The number of thioether (sulfide) groups is 1. The molecular weight excluding hydrogens is 296 g/mol. The van der Waals surface area contributed by atoms with Gasteiger partial charge in [0.2, 0.25) is 0 Å². The van der Waals surface area contributed by atoms with E-state index >= 15 is 0 Å². The number of rotatable bonds is 4. The Morgan fingerprint density at radius 1 is 1.60 bits per heavy atom. The first-order valence-corrected chi connectivity index (χ1v) is 8.19. The third-order valence-electron chi connectivity index (χ3n) is 3.32. The molecule has 1 saturated heterocycles. The number of fused-ring (bicyclic) bond motifs is 1. The molecule has 1 atom stereocenters. The van der Waals surface area contributed by atoms with Crippen LogP contribution >= 0.6 is 23.1 Å². The number of aromatic nitrogens is 2. The van der Waals surface area contributed by atoms with E-state index in [1.54, 1.807) is 11.8 Å². The van der Waals surface area contributed by atoms with Gasteiger partial charge in [-0.15, -0.1) is 23.1 Å². The Bertz CT molecular complexity index is 650. The number of carboxylic acid groups (broad SMARTS) is 1. The molecule has 2 aromatic rings. The van der Waals surface area contributed by atoms with Crippen molar-refractivity contribution in [1.82, 2.24) is 9.97 Å². The summed E-state index contributed by atoms with van der Waals surface area (Å²) in [5.74, 6) is -0.0512. The number of nitrogens with zero attached hydrogens (tertiary/aromatic N) is 2. The van der Waals surface area contributed by atoms with Crippen molar-refractivity contribution in [3.8, 4) is 0 Å². The topological polar surface area (TPSA) is 72.3 Å². The summed E-state index contributed by atoms with van der Waals surface area (Å²) in [7, 11) is 0. The first-order chi connectivity index (χ1) is 9.66. The van der Waals surface area contributed by atoms with E-state index in [-0.39, 0.29) is 6.10 Å². The zero-order valence-electron chi connectivity index (χ0n) is 11.0. The van der Waals surface area contributed by atoms with E-state index in [4.69, 9.17) is 4.74 Å². The van der Waals surface area contributed by atoms with Crippen LogP contribution in [0.5, 0.6) is 0 Å². The lowest BCUT2D eigenvalue weighted by Crippen LogP contribution is -2.08. The van der Waals surface area contributed by atoms with Gasteiger partial charge in [-0.2, -0.15) is 0 Å². The molecule has 1 aliphatic heterocycles. The van der Waals surface area contributed by atoms with Crippen molar-refractivity contribution in [2.24, 2.45) is 0 Å². The monoisotopic (exact) mass is 310 g/mol. The summed E-state index contributed by atoms with van der Waals surface area (Å²) in [5, 5.41) is 10.9. The number of carboxylic acids is 1. The molecule has 0 amide bonds. The second-order valence-corrected chi connectivity index (χ2v) is 6.67. The van der Waals surface area contributed by atoms with Crippen LogP contribution < -0.4 is 0 Å². The summed E-state index contributed by atoms with van der Waals surface area (Å²) in [6, 6.07) is 0. The van der Waals surface area contributed by atoms with Gasteiger partial charge in [0.1, 0.15) is 21.1 Å². The molecule has 0 saturated carbocycles. The summed E-state index contributed by atoms with van der Waals surface area (Å²) >= 11 is 2.83. The Morgan fingerprint density at radius 3 is 3.15 bits per heavy atom. The highest BCUT2D eigenvalue weighted by Crippen LogP contribution is 2.35. The average molecular weight is 310 g/mol. The van der Waals surface area contributed by atoms with Crippen LogP contribution in [-0.4, -0.2) is 39.5 Å². The molecule has 106 valence electrons. The lowest BCUT2D eigenvalue weighted by molar-refractivity contribution is 0.0701. The predicted octanol–water partition coefficient (Wildman–Crippen LogP) is 2.97. The Hall–Kier alpha value is -1.18. The fraction of sp³-hybridized carbons (Fsp3) is 0.462. The molecule has 1 fully saturated rings. The number of thiophene rings is 1. The van der Waals surface area contributed by atoms with Crippen LogP contribution in [0.2, 0.25) is 0 Å². The third-order valence-corrected chi connectivity index (χ3v) is 5.63. The van der Waals surface area contributed by atoms with Gasteiger partial charge in [-0.05, 0) is 25.3 Å². The van der Waals surface area contributed by atoms with Crippen molar-refractivity contribution < 1.29 is 14.6 Å². The van der Waals surface area contributed by atoms with Crippen molar-refractivity contribution >= 4 is 39.3 Å². The SMILES string of the molecule is Cc1c(C(=O)O)sc2ncnc(SCC3CCCO3)c12. The van der Waals surface area contributed by atoms with Crippen molar-refractivity contribution in [3.63, 3.8) is 0 Å². The third kappa shape index (κ3) is 2.53. The maximum Gasteiger partial charge on any atom is 0.346 e. The predicted molar refractivity (Wildman–Crippen MR) is 78.8 cm³/mol. The fourth-order valence-corrected chi connectivity index (χ4v) is 4.47. The van der Waals surface area contributed by atoms with Crippen molar-refractivity contribution in [3.05, 3.63) is 16.8 Å². The Balaban J connectivity index is 1.91. The molecule has 1 aliphatic rings. The molecule has 0 aliphatic carbocycles. The molecule has 0 spiro atoms. The summed E-state index contributed by atoms with van der Waals surface area (Å²) in [5.41, 5.74) is 0.757. The van der Waals surface area contributed by atoms with Crippen LogP contribution in [-0.2, 0) is 4.74 Å². The number of ether oxygens (including phenoxy) is 1. The zero-order valence-corrected chi connectivity index (χ0v) is 12.6. The molecule has 1 unspecified atom stereocenters. The molecule has 5 nitrogen and oxygen atoms in total. The van der Waals surface area contributed by atoms with Crippen molar-refractivity contribution in [1.29, 1.82) is 0 Å². The summed E-state index contributed by atoms with van der Waals surface area (Å²) in [4.78, 5) is 20.8. The second kappa shape index (κ2) is 5.67. The first-order valence-electron chi connectivity index (χ1n) is 6.38. The van der Waals surface area contributed by atoms with Gasteiger partial charge >= 0.3 is 5.97 Å². The number of hydrogen-bond donors (Lipinski definition) is 1. The highest BCUT2D eigenvalue weighted by molar-refractivity contribution is 7.99. The van der Waals surface area contributed by atoms with Gasteiger partial charge in [-0.1, -0.05) is 0 Å². The van der Waals surface area contributed by atoms with Gasteiger partial charge < -0.3 is 9.84 Å². The number of aromatic carboxylic acids is 1. The lowest BCUT2D eigenvalue weighted by Gasteiger charge is -2.08. The van der Waals surface area contributed by atoms with Crippen LogP contribution in [0.25, 0.3) is 10.2 Å². The molecule has 3 rings (SSSR count). The maximum atomic E-state index is 11.2. The van der Waals surface area contributed by atoms with E-state index in [9.17, 15) is 9.90 Å². The molecular formula is C13H14N2O3S2. The number of aryl methyl sites for hydroxylation is 1. The maximum absolute atomic E-state index is 11.2. The van der Waals surface area contributed by atoms with Gasteiger partial charge in [-0.3, -0.25) is 0 Å². The van der Waals surface area contributed by atoms with E-state index in [2.05, 4.69) is 9.97 Å². The Labute approximate surface area is 124 Å². The van der Waals surface area contributed by atoms with Crippen molar-refractivity contribution in [2.45, 2.75) is 30.9 Å². The van der Waals surface area contributed by atoms with E-state index in [1.165, 1.54) is 17.7 Å². The van der Waals surface area contributed by atoms with Crippen molar-refractivity contribution in [2.75, 3.05) is 12.4 Å². The lowest BCUT2D eigenvalue weighted by atomic mass is 10.2. The van der Waals surface area contributed by atoms with E-state index in [0.717, 1.165) is 46.0 Å². The molecule has 7 heteroatoms. The summed E-state index contributed by atoms with van der Waals surface area (Å²) < 4.78 is 5.60. The van der Waals surface area contributed by atoms with Crippen LogP contribution in [0, 0.1) is 6.92 Å². The quantitative estimate of drug-likeness (QED) is 0.691. The van der Waals surface area contributed by atoms with Gasteiger partial charge in [0.05, 0.1) is 6.10 Å². The highest BCUT2D eigenvalue weighted by Gasteiger charge is 2.21. The molecule has 0 radical (unpaired) electrons. The minimum absolute atomic E-state index is 0.280. The summed E-state index contributed by atoms with van der Waals surface area (Å²) in [6.07, 6.45) is 3.99. The van der Waals surface area contributed by atoms with Crippen LogP contribution in [0.15, 0.2) is 11.4 Å². The number of carbonyl (C=O) groups is 1. The Kier molecular flexibility index (Phi) is 3.91. The Morgan fingerprint density at radius 2 is 2.45 bits per heavy atom. The minimum atomic E-state index is -0.902. The molecule has 1 N–H and O–H groups in total. The normalized spacial score (nSPS) is 18.8. The highest BCUT2D eigenvalue weighted by atomic mass is 32.2. The number of hydrogen-bond acceptors (Lipinski definition) is 6. The largest absolute Gasteiger partial charge is 0.477 e. The fourth-order valence-electron chi connectivity index (χ4n) is 2.30. The van der Waals surface area contributed by atoms with E-state index < -0.39 is 5.97 Å². The molecule has 20 heavy (non-hydrogen) atoms.